The van der Waals surface area contributed by atoms with Crippen LogP contribution in [0.2, 0.25) is 0 Å². The SMILES string of the molecule is Cn1nc(NC(=O)C[C@H]2NC(=O)NC2=O)c2c(Oc3cccnc3)cccc21. The number of aryl methyl sites for hydroxylation is 1. The minimum absolute atomic E-state index is 0.207. The highest BCUT2D eigenvalue weighted by atomic mass is 16.5. The van der Waals surface area contributed by atoms with Crippen LogP contribution in [0.1, 0.15) is 6.42 Å². The van der Waals surface area contributed by atoms with Gasteiger partial charge in [-0.2, -0.15) is 5.10 Å². The lowest BCUT2D eigenvalue weighted by Gasteiger charge is -2.09. The smallest absolute Gasteiger partial charge is 0.322 e. The number of benzene rings is 1. The number of rotatable bonds is 5. The first-order valence-corrected chi connectivity index (χ1v) is 8.46. The van der Waals surface area contributed by atoms with E-state index in [2.05, 4.69) is 26.0 Å². The highest BCUT2D eigenvalue weighted by Crippen LogP contribution is 2.34. The van der Waals surface area contributed by atoms with E-state index >= 15 is 0 Å². The molecule has 0 radical (unpaired) electrons. The predicted molar refractivity (Wildman–Crippen MR) is 98.7 cm³/mol. The lowest BCUT2D eigenvalue weighted by atomic mass is 10.2. The molecule has 3 N–H and O–H groups in total. The van der Waals surface area contributed by atoms with Gasteiger partial charge in [-0.05, 0) is 24.3 Å². The minimum atomic E-state index is -0.909. The molecule has 3 heterocycles. The molecular formula is C18H16N6O4. The minimum Gasteiger partial charge on any atom is -0.455 e. The van der Waals surface area contributed by atoms with Gasteiger partial charge in [0.2, 0.25) is 5.91 Å². The lowest BCUT2D eigenvalue weighted by molar-refractivity contribution is -0.124. The molecule has 2 aromatic heterocycles. The number of pyridine rings is 1. The molecule has 4 rings (SSSR count). The van der Waals surface area contributed by atoms with Gasteiger partial charge in [0.05, 0.1) is 23.5 Å². The Hall–Kier alpha value is -3.95. The van der Waals surface area contributed by atoms with Crippen molar-refractivity contribution in [2.75, 3.05) is 5.32 Å². The molecule has 1 atom stereocenters. The number of carbonyl (C=O) groups excluding carboxylic acids is 3. The number of urea groups is 1. The summed E-state index contributed by atoms with van der Waals surface area (Å²) in [6, 6.07) is 7.42. The van der Waals surface area contributed by atoms with Crippen molar-refractivity contribution in [1.29, 1.82) is 0 Å². The first-order chi connectivity index (χ1) is 13.5. The van der Waals surface area contributed by atoms with Gasteiger partial charge in [0.15, 0.2) is 5.82 Å². The van der Waals surface area contributed by atoms with Crippen molar-refractivity contribution >= 4 is 34.6 Å². The van der Waals surface area contributed by atoms with Gasteiger partial charge >= 0.3 is 6.03 Å². The Morgan fingerprint density at radius 3 is 2.86 bits per heavy atom. The number of ether oxygens (including phenoxy) is 1. The number of hydrogen-bond donors (Lipinski definition) is 3. The van der Waals surface area contributed by atoms with Crippen molar-refractivity contribution in [2.24, 2.45) is 7.05 Å². The number of amides is 4. The predicted octanol–water partition coefficient (Wildman–Crippen LogP) is 1.30. The number of fused-ring (bicyclic) bond motifs is 1. The van der Waals surface area contributed by atoms with Crippen LogP contribution in [0.5, 0.6) is 11.5 Å². The molecule has 28 heavy (non-hydrogen) atoms. The third kappa shape index (κ3) is 3.34. The molecule has 1 aliphatic heterocycles. The van der Waals surface area contributed by atoms with Gasteiger partial charge in [0.25, 0.3) is 5.91 Å². The fourth-order valence-electron chi connectivity index (χ4n) is 2.96. The Balaban J connectivity index is 1.61. The molecule has 3 aromatic rings. The molecule has 142 valence electrons. The molecule has 1 saturated heterocycles. The standard InChI is InChI=1S/C18H16N6O4/c1-24-12-5-2-6-13(28-10-4-3-7-19-9-10)15(12)16(23-24)21-14(25)8-11-17(26)22-18(27)20-11/h2-7,9,11H,8H2,1H3,(H,21,23,25)(H2,20,22,26,27)/t11-/m1/s1. The van der Waals surface area contributed by atoms with Crippen LogP contribution in [0, 0.1) is 0 Å². The van der Waals surface area contributed by atoms with Gasteiger partial charge in [-0.15, -0.1) is 0 Å². The van der Waals surface area contributed by atoms with Crippen LogP contribution >= 0.6 is 0 Å². The first kappa shape index (κ1) is 17.5. The van der Waals surface area contributed by atoms with Crippen LogP contribution in [-0.2, 0) is 16.6 Å². The molecular weight excluding hydrogens is 364 g/mol. The summed E-state index contributed by atoms with van der Waals surface area (Å²) in [7, 11) is 1.75. The third-order valence-electron chi connectivity index (χ3n) is 4.21. The van der Waals surface area contributed by atoms with E-state index in [1.54, 1.807) is 42.3 Å². The van der Waals surface area contributed by atoms with Crippen molar-refractivity contribution in [3.05, 3.63) is 42.7 Å². The zero-order valence-corrected chi connectivity index (χ0v) is 14.8. The molecule has 0 bridgehead atoms. The molecule has 10 heteroatoms. The summed E-state index contributed by atoms with van der Waals surface area (Å²) in [5.41, 5.74) is 0.753. The van der Waals surface area contributed by atoms with Crippen LogP contribution in [0.4, 0.5) is 10.6 Å². The van der Waals surface area contributed by atoms with Crippen molar-refractivity contribution < 1.29 is 19.1 Å². The van der Waals surface area contributed by atoms with Gasteiger partial charge in [0.1, 0.15) is 17.5 Å². The Morgan fingerprint density at radius 1 is 1.29 bits per heavy atom. The maximum absolute atomic E-state index is 12.4. The largest absolute Gasteiger partial charge is 0.455 e. The summed E-state index contributed by atoms with van der Waals surface area (Å²) in [6.07, 6.45) is 3.01. The van der Waals surface area contributed by atoms with E-state index in [1.165, 1.54) is 0 Å². The van der Waals surface area contributed by atoms with Crippen LogP contribution < -0.4 is 20.7 Å². The van der Waals surface area contributed by atoms with Gasteiger partial charge in [-0.3, -0.25) is 24.6 Å². The number of nitrogens with one attached hydrogen (secondary N) is 3. The van der Waals surface area contributed by atoms with E-state index in [0.717, 1.165) is 5.52 Å². The third-order valence-corrected chi connectivity index (χ3v) is 4.21. The highest BCUT2D eigenvalue weighted by molar-refractivity contribution is 6.08. The van der Waals surface area contributed by atoms with Crippen molar-refractivity contribution in [3.63, 3.8) is 0 Å². The second-order valence-electron chi connectivity index (χ2n) is 6.18. The van der Waals surface area contributed by atoms with Crippen LogP contribution in [0.25, 0.3) is 10.9 Å². The molecule has 10 nitrogen and oxygen atoms in total. The summed E-state index contributed by atoms with van der Waals surface area (Å²) in [4.78, 5) is 39.2. The second-order valence-corrected chi connectivity index (χ2v) is 6.18. The Labute approximate surface area is 158 Å². The zero-order valence-electron chi connectivity index (χ0n) is 14.8. The summed E-state index contributed by atoms with van der Waals surface area (Å²) >= 11 is 0. The molecule has 4 amide bonds. The van der Waals surface area contributed by atoms with E-state index in [0.29, 0.717) is 22.7 Å². The zero-order chi connectivity index (χ0) is 19.7. The number of imide groups is 1. The van der Waals surface area contributed by atoms with Gasteiger partial charge in [-0.1, -0.05) is 6.07 Å². The Morgan fingerprint density at radius 2 is 2.14 bits per heavy atom. The monoisotopic (exact) mass is 380 g/mol. The van der Waals surface area contributed by atoms with E-state index in [4.69, 9.17) is 4.74 Å². The van der Waals surface area contributed by atoms with E-state index in [1.807, 2.05) is 12.1 Å². The fraction of sp³-hybridized carbons (Fsp3) is 0.167. The van der Waals surface area contributed by atoms with Crippen LogP contribution in [0.15, 0.2) is 42.7 Å². The molecule has 0 saturated carbocycles. The summed E-state index contributed by atoms with van der Waals surface area (Å²) < 4.78 is 7.52. The van der Waals surface area contributed by atoms with Crippen molar-refractivity contribution in [2.45, 2.75) is 12.5 Å². The number of nitrogens with zero attached hydrogens (tertiary/aromatic N) is 3. The summed E-state index contributed by atoms with van der Waals surface area (Å²) in [5.74, 6) is 0.346. The Bertz CT molecular complexity index is 1080. The van der Waals surface area contributed by atoms with E-state index in [-0.39, 0.29) is 6.42 Å². The molecule has 0 spiro atoms. The number of aromatic nitrogens is 3. The highest BCUT2D eigenvalue weighted by Gasteiger charge is 2.31. The number of hydrogen-bond acceptors (Lipinski definition) is 6. The van der Waals surface area contributed by atoms with E-state index < -0.39 is 23.9 Å². The molecule has 0 aliphatic carbocycles. The Kier molecular flexibility index (Phi) is 4.36. The van der Waals surface area contributed by atoms with Gasteiger partial charge < -0.3 is 15.4 Å². The second kappa shape index (κ2) is 6.99. The molecule has 1 aliphatic rings. The fourth-order valence-corrected chi connectivity index (χ4v) is 2.96. The summed E-state index contributed by atoms with van der Waals surface area (Å²) in [5, 5.41) is 12.1. The van der Waals surface area contributed by atoms with Crippen LogP contribution in [0.3, 0.4) is 0 Å². The first-order valence-electron chi connectivity index (χ1n) is 8.46. The normalized spacial score (nSPS) is 16.0. The number of anilines is 1. The van der Waals surface area contributed by atoms with Gasteiger partial charge in [0, 0.05) is 13.2 Å². The average molecular weight is 380 g/mol. The molecule has 0 unspecified atom stereocenters. The molecule has 1 aromatic carbocycles. The maximum Gasteiger partial charge on any atom is 0.322 e. The molecule has 1 fully saturated rings. The quantitative estimate of drug-likeness (QED) is 0.573. The topological polar surface area (TPSA) is 127 Å². The van der Waals surface area contributed by atoms with E-state index in [9.17, 15) is 14.4 Å². The average Bonchev–Trinajstić information content (AvgIpc) is 3.15. The van der Waals surface area contributed by atoms with Crippen molar-refractivity contribution in [1.82, 2.24) is 25.4 Å². The maximum atomic E-state index is 12.4. The van der Waals surface area contributed by atoms with Gasteiger partial charge in [-0.25, -0.2) is 4.79 Å². The van der Waals surface area contributed by atoms with Crippen LogP contribution in [-0.4, -0.2) is 38.7 Å². The summed E-state index contributed by atoms with van der Waals surface area (Å²) in [6.45, 7) is 0. The number of carbonyl (C=O) groups is 3. The lowest BCUT2D eigenvalue weighted by Crippen LogP contribution is -2.33. The van der Waals surface area contributed by atoms with Crippen molar-refractivity contribution in [3.8, 4) is 11.5 Å².